The van der Waals surface area contributed by atoms with Crippen molar-refractivity contribution in [3.8, 4) is 0 Å². The highest BCUT2D eigenvalue weighted by atomic mass is 79.9. The van der Waals surface area contributed by atoms with Crippen molar-refractivity contribution in [1.82, 2.24) is 0 Å². The molecule has 0 saturated carbocycles. The molecule has 0 aliphatic carbocycles. The van der Waals surface area contributed by atoms with Gasteiger partial charge in [0.05, 0.1) is 0 Å². The summed E-state index contributed by atoms with van der Waals surface area (Å²) in [5, 5.41) is 0. The predicted molar refractivity (Wildman–Crippen MR) is 48.1 cm³/mol. The van der Waals surface area contributed by atoms with Crippen LogP contribution in [0.15, 0.2) is 28.8 Å². The molecule has 0 atom stereocenters. The van der Waals surface area contributed by atoms with Gasteiger partial charge < -0.3 is 0 Å². The quantitative estimate of drug-likeness (QED) is 0.593. The highest BCUT2D eigenvalue weighted by Crippen LogP contribution is 1.93. The number of hydrogen-bond acceptors (Lipinski definition) is 1. The Bertz CT molecular complexity index is 105. The average molecular weight is 190 g/mol. The molecule has 0 unspecified atom stereocenters. The zero-order valence-electron chi connectivity index (χ0n) is 5.89. The Hall–Kier alpha value is -0.370. The van der Waals surface area contributed by atoms with Crippen LogP contribution < -0.4 is 0 Å². The van der Waals surface area contributed by atoms with Crippen LogP contribution in [0.1, 0.15) is 13.8 Å². The fourth-order valence-electron chi connectivity index (χ4n) is 0.134. The van der Waals surface area contributed by atoms with Crippen LogP contribution in [0.4, 0.5) is 0 Å². The van der Waals surface area contributed by atoms with E-state index in [4.69, 9.17) is 0 Å². The number of halogens is 1. The summed E-state index contributed by atoms with van der Waals surface area (Å²) in [6.45, 7) is 10.9. The van der Waals surface area contributed by atoms with Crippen LogP contribution >= 0.6 is 15.9 Å². The van der Waals surface area contributed by atoms with Gasteiger partial charge in [0.15, 0.2) is 0 Å². The second-order valence-electron chi connectivity index (χ2n) is 0.908. The van der Waals surface area contributed by atoms with E-state index in [0.717, 1.165) is 4.48 Å². The molecule has 0 fully saturated rings. The first-order valence-corrected chi connectivity index (χ1v) is 3.55. The van der Waals surface area contributed by atoms with Crippen LogP contribution in [0.3, 0.4) is 0 Å². The molecule has 0 spiro atoms. The molecule has 0 bridgehead atoms. The van der Waals surface area contributed by atoms with Crippen LogP contribution in [-0.4, -0.2) is 6.21 Å². The zero-order valence-corrected chi connectivity index (χ0v) is 7.48. The molecular formula is C7H12BrN. The minimum absolute atomic E-state index is 0.757. The van der Waals surface area contributed by atoms with Crippen molar-refractivity contribution in [1.29, 1.82) is 0 Å². The molecule has 0 aromatic rings. The van der Waals surface area contributed by atoms with E-state index in [9.17, 15) is 0 Å². The third kappa shape index (κ3) is 18.4. The van der Waals surface area contributed by atoms with Crippen molar-refractivity contribution in [3.63, 3.8) is 0 Å². The lowest BCUT2D eigenvalue weighted by atomic mass is 10.7. The molecule has 0 radical (unpaired) electrons. The van der Waals surface area contributed by atoms with Gasteiger partial charge in [-0.1, -0.05) is 27.0 Å². The van der Waals surface area contributed by atoms with Crippen molar-refractivity contribution < 1.29 is 0 Å². The molecule has 0 saturated heterocycles. The van der Waals surface area contributed by atoms with E-state index in [1.165, 1.54) is 6.20 Å². The lowest BCUT2D eigenvalue weighted by molar-refractivity contribution is 1.50. The van der Waals surface area contributed by atoms with E-state index in [1.807, 2.05) is 13.8 Å². The zero-order chi connectivity index (χ0) is 7.70. The van der Waals surface area contributed by atoms with E-state index in [0.29, 0.717) is 0 Å². The van der Waals surface area contributed by atoms with Gasteiger partial charge in [0, 0.05) is 16.9 Å². The Morgan fingerprint density at radius 3 is 2.11 bits per heavy atom. The standard InChI is InChI=1S/C5H6BrN.C2H6/c1-3-7-4-5(2)6;1-2/h3-4H,1-2H2;1-2H3. The maximum Gasteiger partial charge on any atom is 0.0403 e. The minimum atomic E-state index is 0.757. The van der Waals surface area contributed by atoms with Gasteiger partial charge in [0.2, 0.25) is 0 Å². The summed E-state index contributed by atoms with van der Waals surface area (Å²) in [6.07, 6.45) is 3.03. The summed E-state index contributed by atoms with van der Waals surface area (Å²) in [4.78, 5) is 3.66. The Morgan fingerprint density at radius 2 is 2.00 bits per heavy atom. The molecule has 52 valence electrons. The van der Waals surface area contributed by atoms with E-state index >= 15 is 0 Å². The number of hydrogen-bond donors (Lipinski definition) is 0. The molecule has 0 heterocycles. The van der Waals surface area contributed by atoms with E-state index in [2.05, 4.69) is 34.1 Å². The van der Waals surface area contributed by atoms with Crippen LogP contribution in [0, 0.1) is 0 Å². The van der Waals surface area contributed by atoms with Gasteiger partial charge in [-0.3, -0.25) is 4.99 Å². The van der Waals surface area contributed by atoms with E-state index in [-0.39, 0.29) is 0 Å². The van der Waals surface area contributed by atoms with Gasteiger partial charge in [-0.05, 0) is 15.9 Å². The Balaban J connectivity index is 0. The van der Waals surface area contributed by atoms with Gasteiger partial charge in [-0.2, -0.15) is 0 Å². The fraction of sp³-hybridized carbons (Fsp3) is 0.286. The highest BCUT2D eigenvalue weighted by molar-refractivity contribution is 9.12. The van der Waals surface area contributed by atoms with E-state index in [1.54, 1.807) is 6.21 Å². The van der Waals surface area contributed by atoms with Gasteiger partial charge >= 0.3 is 0 Å². The van der Waals surface area contributed by atoms with Crippen molar-refractivity contribution in [2.24, 2.45) is 4.99 Å². The normalized spacial score (nSPS) is 7.89. The SMILES string of the molecule is C=CN=CC(=C)Br.CC. The summed E-state index contributed by atoms with van der Waals surface area (Å²) in [6, 6.07) is 0. The van der Waals surface area contributed by atoms with E-state index < -0.39 is 0 Å². The maximum absolute atomic E-state index is 3.66. The molecule has 0 aliphatic rings. The van der Waals surface area contributed by atoms with Crippen LogP contribution in [0.2, 0.25) is 0 Å². The highest BCUT2D eigenvalue weighted by Gasteiger charge is 1.69. The average Bonchev–Trinajstić information content (AvgIpc) is 1.88. The number of rotatable bonds is 2. The lowest BCUT2D eigenvalue weighted by Crippen LogP contribution is -1.63. The van der Waals surface area contributed by atoms with Crippen LogP contribution in [-0.2, 0) is 0 Å². The monoisotopic (exact) mass is 189 g/mol. The molecular weight excluding hydrogens is 178 g/mol. The molecule has 0 rings (SSSR count). The van der Waals surface area contributed by atoms with Gasteiger partial charge in [0.1, 0.15) is 0 Å². The lowest BCUT2D eigenvalue weighted by Gasteiger charge is -1.74. The van der Waals surface area contributed by atoms with Gasteiger partial charge in [0.25, 0.3) is 0 Å². The summed E-state index contributed by atoms with van der Waals surface area (Å²) in [5.41, 5.74) is 0. The first-order chi connectivity index (χ1) is 4.27. The fourth-order valence-corrected chi connectivity index (χ4v) is 0.252. The molecule has 0 amide bonds. The number of aliphatic imine (C=N–C) groups is 1. The summed E-state index contributed by atoms with van der Waals surface area (Å²) >= 11 is 3.08. The third-order valence-corrected chi connectivity index (χ3v) is 0.525. The Morgan fingerprint density at radius 1 is 1.56 bits per heavy atom. The molecule has 0 aromatic heterocycles. The van der Waals surface area contributed by atoms with Gasteiger partial charge in [-0.25, -0.2) is 0 Å². The molecule has 0 aromatic carbocycles. The minimum Gasteiger partial charge on any atom is -0.264 e. The summed E-state index contributed by atoms with van der Waals surface area (Å²) in [7, 11) is 0. The van der Waals surface area contributed by atoms with Crippen molar-refractivity contribution in [3.05, 3.63) is 23.8 Å². The number of allylic oxidation sites excluding steroid dienone is 1. The maximum atomic E-state index is 3.66. The second-order valence-corrected chi connectivity index (χ2v) is 1.93. The molecule has 9 heavy (non-hydrogen) atoms. The van der Waals surface area contributed by atoms with Crippen LogP contribution in [0.5, 0.6) is 0 Å². The van der Waals surface area contributed by atoms with Gasteiger partial charge in [-0.15, -0.1) is 0 Å². The molecule has 0 aliphatic heterocycles. The van der Waals surface area contributed by atoms with Crippen LogP contribution in [0.25, 0.3) is 0 Å². The Labute approximate surface area is 65.3 Å². The molecule has 0 N–H and O–H groups in total. The predicted octanol–water partition coefficient (Wildman–Crippen LogP) is 3.14. The largest absolute Gasteiger partial charge is 0.264 e. The number of nitrogens with zero attached hydrogens (tertiary/aromatic N) is 1. The second kappa shape index (κ2) is 10.6. The summed E-state index contributed by atoms with van der Waals surface area (Å²) < 4.78 is 0.757. The molecule has 2 heteroatoms. The third-order valence-electron chi connectivity index (χ3n) is 0.320. The smallest absolute Gasteiger partial charge is 0.0403 e. The van der Waals surface area contributed by atoms with Crippen molar-refractivity contribution >= 4 is 22.1 Å². The first-order valence-electron chi connectivity index (χ1n) is 2.76. The summed E-state index contributed by atoms with van der Waals surface area (Å²) in [5.74, 6) is 0. The Kier molecular flexibility index (Phi) is 13.4. The topological polar surface area (TPSA) is 12.4 Å². The first kappa shape index (κ1) is 11.4. The van der Waals surface area contributed by atoms with Crippen molar-refractivity contribution in [2.45, 2.75) is 13.8 Å². The van der Waals surface area contributed by atoms with Crippen molar-refractivity contribution in [2.75, 3.05) is 0 Å². The molecule has 1 nitrogen and oxygen atoms in total.